The van der Waals surface area contributed by atoms with Crippen LogP contribution in [-0.4, -0.2) is 92.1 Å². The number of hydrogen-bond donors (Lipinski definition) is 6. The number of rotatable bonds is 9. The second kappa shape index (κ2) is 13.3. The molecule has 2 aromatic rings. The molecule has 0 spiro atoms. The molecule has 2 aliphatic rings. The van der Waals surface area contributed by atoms with Crippen molar-refractivity contribution in [1.82, 2.24) is 20.4 Å². The minimum absolute atomic E-state index is 0.0115. The van der Waals surface area contributed by atoms with Crippen molar-refractivity contribution in [1.29, 1.82) is 0 Å². The first-order valence-corrected chi connectivity index (χ1v) is 14.0. The van der Waals surface area contributed by atoms with Crippen LogP contribution in [0.4, 0.5) is 4.79 Å². The number of carboxylic acid groups (broad SMARTS) is 1. The highest BCUT2D eigenvalue weighted by atomic mass is 31.2. The number of nitrogens with zero attached hydrogens (tertiary/aromatic N) is 2. The first-order valence-electron chi connectivity index (χ1n) is 12.8. The van der Waals surface area contributed by atoms with Crippen molar-refractivity contribution >= 4 is 45.4 Å². The van der Waals surface area contributed by atoms with Gasteiger partial charge in [-0.15, -0.1) is 0 Å². The lowest BCUT2D eigenvalue weighted by Gasteiger charge is -2.33. The van der Waals surface area contributed by atoms with E-state index in [1.807, 2.05) is 0 Å². The number of nitrogens with one attached hydrogen (secondary N) is 2. The van der Waals surface area contributed by atoms with Gasteiger partial charge >= 0.3 is 39.5 Å². The van der Waals surface area contributed by atoms with Crippen molar-refractivity contribution in [3.05, 3.63) is 64.7 Å². The summed E-state index contributed by atoms with van der Waals surface area (Å²) in [6.07, 6.45) is 0.0115. The molecule has 0 saturated carbocycles. The zero-order valence-corrected chi connectivity index (χ0v) is 23.2. The summed E-state index contributed by atoms with van der Waals surface area (Å²) in [5, 5.41) is 25.1. The predicted molar refractivity (Wildman–Crippen MR) is 145 cm³/mol. The number of aromatic carboxylic acids is 1. The molecule has 1 saturated heterocycles. The lowest BCUT2D eigenvalue weighted by Crippen LogP contribution is -2.60. The van der Waals surface area contributed by atoms with E-state index < -0.39 is 57.4 Å². The number of carbonyl (C=O) groups is 5. The zero-order chi connectivity index (χ0) is 30.6. The quantitative estimate of drug-likeness (QED) is 0.124. The largest absolute Gasteiger partial charge is 0.547 e. The molecule has 1 unspecified atom stereocenters. The summed E-state index contributed by atoms with van der Waals surface area (Å²) < 4.78 is 10.2. The normalized spacial score (nSPS) is 17.5. The molecule has 2 heterocycles. The van der Waals surface area contributed by atoms with E-state index >= 15 is 0 Å². The fourth-order valence-electron chi connectivity index (χ4n) is 4.59. The first-order chi connectivity index (χ1) is 20.0. The molecule has 0 radical (unpaired) electrons. The van der Waals surface area contributed by atoms with E-state index in [2.05, 4.69) is 10.6 Å². The molecular formula is C25H28BN4O11P. The Hall–Kier alpha value is -4.08. The lowest BCUT2D eigenvalue weighted by atomic mass is 9.72. The average molecular weight is 602 g/mol. The molecule has 0 aliphatic carbocycles. The maximum absolute atomic E-state index is 13.6. The summed E-state index contributed by atoms with van der Waals surface area (Å²) in [5.41, 5.74) is 1.06. The van der Waals surface area contributed by atoms with E-state index in [4.69, 9.17) is 19.0 Å². The van der Waals surface area contributed by atoms with E-state index in [0.29, 0.717) is 22.6 Å². The minimum atomic E-state index is -2.58. The predicted octanol–water partition coefficient (Wildman–Crippen LogP) is -0.306. The molecule has 17 heteroatoms. The highest BCUT2D eigenvalue weighted by molar-refractivity contribution is 7.39. The maximum Gasteiger partial charge on any atom is 0.547 e. The van der Waals surface area contributed by atoms with E-state index in [0.717, 1.165) is 0 Å². The fourth-order valence-corrected chi connectivity index (χ4v) is 4.86. The number of para-hydroxylation sites is 1. The van der Waals surface area contributed by atoms with E-state index in [1.54, 1.807) is 13.0 Å². The second-order valence-electron chi connectivity index (χ2n) is 9.42. The Balaban J connectivity index is 1.56. The summed E-state index contributed by atoms with van der Waals surface area (Å²) in [6.45, 7) is 1.89. The van der Waals surface area contributed by atoms with Crippen LogP contribution in [0.2, 0.25) is 0 Å². The van der Waals surface area contributed by atoms with Gasteiger partial charge in [-0.1, -0.05) is 36.4 Å². The third-order valence-corrected chi connectivity index (χ3v) is 7.16. The van der Waals surface area contributed by atoms with Crippen LogP contribution >= 0.6 is 8.60 Å². The Morgan fingerprint density at radius 2 is 1.83 bits per heavy atom. The molecule has 5 amide bonds. The third kappa shape index (κ3) is 6.86. The molecule has 4 rings (SSSR count). The number of imide groups is 1. The number of piperazine rings is 1. The van der Waals surface area contributed by atoms with Crippen LogP contribution in [-0.2, 0) is 31.9 Å². The zero-order valence-electron chi connectivity index (χ0n) is 22.3. The summed E-state index contributed by atoms with van der Waals surface area (Å²) in [6, 6.07) is 8.03. The Kier molecular flexibility index (Phi) is 9.76. The van der Waals surface area contributed by atoms with Crippen molar-refractivity contribution in [3.63, 3.8) is 0 Å². The molecule has 0 bridgehead atoms. The molecule has 2 aromatic carbocycles. The number of carboxylic acids is 1. The van der Waals surface area contributed by atoms with E-state index in [1.165, 1.54) is 41.3 Å². The SMILES string of the molecule is CCN1CCN(C(=O)NC(C(=O)N[C@H]2Cc3cccc(C(=O)O)c3OB2O)c2ccc(COP(O)O)cc2)C(=O)C1=O. The Labute approximate surface area is 241 Å². The second-order valence-corrected chi connectivity index (χ2v) is 10.2. The standard InChI is InChI=1S/C25H28BN4O11P/c1-2-29-10-11-30(23(33)22(29)32)25(36)28-19(15-8-6-14(7-9-15)13-40-42(38)39)21(31)27-18-12-16-4-3-5-17(24(34)35)20(16)41-26(18)37/h3-9,18-19,37-39H,2,10-13H2,1H3,(H,27,31)(H,28,36)(H,34,35)/t18-,19?/m0/s1. The summed E-state index contributed by atoms with van der Waals surface area (Å²) in [5.74, 6) is -4.99. The van der Waals surface area contributed by atoms with Gasteiger partial charge in [-0.2, -0.15) is 0 Å². The molecule has 2 aliphatic heterocycles. The van der Waals surface area contributed by atoms with Crippen molar-refractivity contribution < 1.29 is 53.1 Å². The first kappa shape index (κ1) is 30.9. The number of hydrogen-bond acceptors (Lipinski definition) is 10. The molecule has 1 fully saturated rings. The van der Waals surface area contributed by atoms with Crippen LogP contribution in [0.15, 0.2) is 42.5 Å². The van der Waals surface area contributed by atoms with E-state index in [9.17, 15) is 34.1 Å². The molecule has 2 atom stereocenters. The number of benzene rings is 2. The molecule has 42 heavy (non-hydrogen) atoms. The van der Waals surface area contributed by atoms with Crippen LogP contribution in [0.3, 0.4) is 0 Å². The summed E-state index contributed by atoms with van der Waals surface area (Å²) >= 11 is 0. The number of likely N-dealkylation sites (N-methyl/N-ethyl adjacent to an activating group) is 1. The number of fused-ring (bicyclic) bond motifs is 1. The molecule has 6 N–H and O–H groups in total. The molecular weight excluding hydrogens is 574 g/mol. The highest BCUT2D eigenvalue weighted by Gasteiger charge is 2.41. The Morgan fingerprint density at radius 1 is 1.12 bits per heavy atom. The number of amides is 5. The lowest BCUT2D eigenvalue weighted by molar-refractivity contribution is -0.153. The van der Waals surface area contributed by atoms with Crippen LogP contribution < -0.4 is 15.3 Å². The summed E-state index contributed by atoms with van der Waals surface area (Å²) in [7, 11) is -4.20. The van der Waals surface area contributed by atoms with E-state index in [-0.39, 0.29) is 43.0 Å². The average Bonchev–Trinajstić information content (AvgIpc) is 2.96. The van der Waals surface area contributed by atoms with Crippen molar-refractivity contribution in [2.75, 3.05) is 19.6 Å². The topological polar surface area (TPSA) is 215 Å². The monoisotopic (exact) mass is 602 g/mol. The third-order valence-electron chi connectivity index (χ3n) is 6.80. The van der Waals surface area contributed by atoms with Crippen LogP contribution in [0.1, 0.15) is 40.0 Å². The van der Waals surface area contributed by atoms with Crippen molar-refractivity contribution in [2.45, 2.75) is 31.9 Å². The summed E-state index contributed by atoms with van der Waals surface area (Å²) in [4.78, 5) is 83.1. The molecule has 0 aromatic heterocycles. The highest BCUT2D eigenvalue weighted by Crippen LogP contribution is 2.31. The van der Waals surface area contributed by atoms with Crippen LogP contribution in [0, 0.1) is 0 Å². The van der Waals surface area contributed by atoms with Gasteiger partial charge in [0.25, 0.3) is 0 Å². The van der Waals surface area contributed by atoms with Gasteiger partial charge in [0.1, 0.15) is 11.8 Å². The van der Waals surface area contributed by atoms with Gasteiger partial charge < -0.3 is 44.6 Å². The van der Waals surface area contributed by atoms with Crippen molar-refractivity contribution in [2.24, 2.45) is 0 Å². The number of carbonyl (C=O) groups excluding carboxylic acids is 4. The maximum atomic E-state index is 13.6. The van der Waals surface area contributed by atoms with Gasteiger partial charge in [-0.3, -0.25) is 19.3 Å². The smallest absolute Gasteiger partial charge is 0.534 e. The van der Waals surface area contributed by atoms with Gasteiger partial charge in [-0.25, -0.2) is 9.59 Å². The fraction of sp³-hybridized carbons (Fsp3) is 0.320. The molecule has 222 valence electrons. The van der Waals surface area contributed by atoms with Crippen LogP contribution in [0.25, 0.3) is 0 Å². The Bertz CT molecular complexity index is 1380. The minimum Gasteiger partial charge on any atom is -0.534 e. The van der Waals surface area contributed by atoms with Crippen LogP contribution in [0.5, 0.6) is 5.75 Å². The van der Waals surface area contributed by atoms with Gasteiger partial charge in [0.15, 0.2) is 0 Å². The molecule has 15 nitrogen and oxygen atoms in total. The Morgan fingerprint density at radius 3 is 2.48 bits per heavy atom. The van der Waals surface area contributed by atoms with Crippen molar-refractivity contribution in [3.8, 4) is 5.75 Å². The van der Waals surface area contributed by atoms with Gasteiger partial charge in [-0.05, 0) is 36.1 Å². The van der Waals surface area contributed by atoms with Gasteiger partial charge in [0.2, 0.25) is 5.91 Å². The number of urea groups is 1. The van der Waals surface area contributed by atoms with Gasteiger partial charge in [0.05, 0.1) is 18.1 Å². The van der Waals surface area contributed by atoms with Gasteiger partial charge in [0, 0.05) is 19.6 Å².